The molecule has 2 heterocycles. The fourth-order valence-corrected chi connectivity index (χ4v) is 2.89. The molecule has 2 aromatic carbocycles. The molecule has 0 saturated carbocycles. The lowest BCUT2D eigenvalue weighted by Crippen LogP contribution is -2.01. The maximum atomic E-state index is 11.2. The van der Waals surface area contributed by atoms with Crippen LogP contribution < -0.4 is 0 Å². The van der Waals surface area contributed by atoms with Gasteiger partial charge in [-0.25, -0.2) is 4.79 Å². The van der Waals surface area contributed by atoms with E-state index in [1.165, 1.54) is 5.56 Å². The van der Waals surface area contributed by atoms with Gasteiger partial charge in [-0.1, -0.05) is 35.9 Å². The van der Waals surface area contributed by atoms with Crippen molar-refractivity contribution in [2.24, 2.45) is 0 Å². The Kier molecular flexibility index (Phi) is 3.73. The smallest absolute Gasteiger partial charge is 0.335 e. The lowest BCUT2D eigenvalue weighted by molar-refractivity contribution is 0.0696. The standard InChI is InChI=1S/C20H16N4O2/c1-12-3-5-14(6-4-12)19-22-21-18-10-9-17(23-24(18)19)15-7-8-16(20(25)26)13(2)11-15/h3-11H,1-2H3,(H,25,26). The lowest BCUT2D eigenvalue weighted by atomic mass is 10.0. The minimum Gasteiger partial charge on any atom is -0.478 e. The molecule has 0 radical (unpaired) electrons. The summed E-state index contributed by atoms with van der Waals surface area (Å²) in [6.45, 7) is 3.81. The molecule has 26 heavy (non-hydrogen) atoms. The fraction of sp³-hybridized carbons (Fsp3) is 0.100. The topological polar surface area (TPSA) is 80.4 Å². The van der Waals surface area contributed by atoms with Crippen molar-refractivity contribution in [3.8, 4) is 22.6 Å². The third kappa shape index (κ3) is 2.71. The first-order valence-electron chi connectivity index (χ1n) is 8.17. The number of carboxylic acids is 1. The van der Waals surface area contributed by atoms with Gasteiger partial charge in [0.1, 0.15) is 0 Å². The second-order valence-electron chi connectivity index (χ2n) is 6.21. The average molecular weight is 344 g/mol. The van der Waals surface area contributed by atoms with Crippen molar-refractivity contribution in [2.45, 2.75) is 13.8 Å². The van der Waals surface area contributed by atoms with Crippen molar-refractivity contribution in [1.82, 2.24) is 19.8 Å². The van der Waals surface area contributed by atoms with E-state index in [9.17, 15) is 9.90 Å². The van der Waals surface area contributed by atoms with Gasteiger partial charge in [0.2, 0.25) is 0 Å². The minimum absolute atomic E-state index is 0.291. The number of aromatic carboxylic acids is 1. The summed E-state index contributed by atoms with van der Waals surface area (Å²) in [7, 11) is 0. The molecule has 0 bridgehead atoms. The molecule has 1 N–H and O–H groups in total. The predicted molar refractivity (Wildman–Crippen MR) is 98.1 cm³/mol. The highest BCUT2D eigenvalue weighted by atomic mass is 16.4. The Bertz CT molecular complexity index is 1130. The summed E-state index contributed by atoms with van der Waals surface area (Å²) < 4.78 is 1.71. The van der Waals surface area contributed by atoms with E-state index in [1.807, 2.05) is 49.4 Å². The monoisotopic (exact) mass is 344 g/mol. The molecule has 0 unspecified atom stereocenters. The van der Waals surface area contributed by atoms with Crippen molar-refractivity contribution in [1.29, 1.82) is 0 Å². The van der Waals surface area contributed by atoms with E-state index in [0.717, 1.165) is 16.8 Å². The molecular weight excluding hydrogens is 328 g/mol. The molecule has 0 spiro atoms. The SMILES string of the molecule is Cc1ccc(-c2nnc3ccc(-c4ccc(C(=O)O)c(C)c4)nn23)cc1. The second-order valence-corrected chi connectivity index (χ2v) is 6.21. The molecule has 4 rings (SSSR count). The number of carbonyl (C=O) groups is 1. The Morgan fingerprint density at radius 1 is 0.923 bits per heavy atom. The van der Waals surface area contributed by atoms with Crippen LogP contribution in [-0.4, -0.2) is 30.9 Å². The van der Waals surface area contributed by atoms with Crippen LogP contribution in [0.3, 0.4) is 0 Å². The molecule has 0 saturated heterocycles. The Labute approximate surface area is 149 Å². The summed E-state index contributed by atoms with van der Waals surface area (Å²) >= 11 is 0. The Morgan fingerprint density at radius 3 is 2.35 bits per heavy atom. The number of nitrogens with zero attached hydrogens (tertiary/aromatic N) is 4. The molecule has 0 aliphatic rings. The van der Waals surface area contributed by atoms with Crippen LogP contribution in [0.5, 0.6) is 0 Å². The van der Waals surface area contributed by atoms with E-state index in [2.05, 4.69) is 15.3 Å². The maximum absolute atomic E-state index is 11.2. The quantitative estimate of drug-likeness (QED) is 0.612. The zero-order valence-corrected chi connectivity index (χ0v) is 14.3. The van der Waals surface area contributed by atoms with Gasteiger partial charge in [-0.05, 0) is 43.7 Å². The van der Waals surface area contributed by atoms with E-state index >= 15 is 0 Å². The summed E-state index contributed by atoms with van der Waals surface area (Å²) in [6, 6.07) is 16.9. The molecule has 0 aliphatic carbocycles. The van der Waals surface area contributed by atoms with Gasteiger partial charge in [0.15, 0.2) is 11.5 Å². The maximum Gasteiger partial charge on any atom is 0.335 e. The highest BCUT2D eigenvalue weighted by Gasteiger charge is 2.12. The molecule has 0 amide bonds. The zero-order valence-electron chi connectivity index (χ0n) is 14.3. The summed E-state index contributed by atoms with van der Waals surface area (Å²) in [5.74, 6) is -0.265. The van der Waals surface area contributed by atoms with E-state index in [4.69, 9.17) is 0 Å². The van der Waals surface area contributed by atoms with Gasteiger partial charge in [-0.15, -0.1) is 10.2 Å². The number of hydrogen-bond acceptors (Lipinski definition) is 4. The fourth-order valence-electron chi connectivity index (χ4n) is 2.89. The van der Waals surface area contributed by atoms with Crippen LogP contribution in [0.4, 0.5) is 0 Å². The Morgan fingerprint density at radius 2 is 1.65 bits per heavy atom. The van der Waals surface area contributed by atoms with Crippen LogP contribution in [-0.2, 0) is 0 Å². The van der Waals surface area contributed by atoms with Gasteiger partial charge < -0.3 is 5.11 Å². The van der Waals surface area contributed by atoms with E-state index in [1.54, 1.807) is 23.6 Å². The van der Waals surface area contributed by atoms with Gasteiger partial charge in [0.05, 0.1) is 11.3 Å². The number of rotatable bonds is 3. The molecule has 6 heteroatoms. The first-order chi connectivity index (χ1) is 12.5. The van der Waals surface area contributed by atoms with E-state index in [0.29, 0.717) is 22.6 Å². The highest BCUT2D eigenvalue weighted by Crippen LogP contribution is 2.23. The number of hydrogen-bond donors (Lipinski definition) is 1. The predicted octanol–water partition coefficient (Wildman–Crippen LogP) is 3.77. The summed E-state index contributed by atoms with van der Waals surface area (Å²) in [4.78, 5) is 11.2. The van der Waals surface area contributed by atoms with Crippen molar-refractivity contribution in [3.63, 3.8) is 0 Å². The van der Waals surface area contributed by atoms with Crippen LogP contribution in [0.1, 0.15) is 21.5 Å². The van der Waals surface area contributed by atoms with Crippen LogP contribution in [0.15, 0.2) is 54.6 Å². The van der Waals surface area contributed by atoms with Gasteiger partial charge in [-0.3, -0.25) is 0 Å². The number of fused-ring (bicyclic) bond motifs is 1. The molecule has 0 fully saturated rings. The largest absolute Gasteiger partial charge is 0.478 e. The Hall–Kier alpha value is -3.54. The molecule has 2 aromatic heterocycles. The van der Waals surface area contributed by atoms with Crippen molar-refractivity contribution in [2.75, 3.05) is 0 Å². The van der Waals surface area contributed by atoms with Gasteiger partial charge >= 0.3 is 5.97 Å². The summed E-state index contributed by atoms with van der Waals surface area (Å²) in [6.07, 6.45) is 0. The number of benzene rings is 2. The third-order valence-corrected chi connectivity index (χ3v) is 4.33. The van der Waals surface area contributed by atoms with Crippen LogP contribution in [0.2, 0.25) is 0 Å². The highest BCUT2D eigenvalue weighted by molar-refractivity contribution is 5.90. The lowest BCUT2D eigenvalue weighted by Gasteiger charge is -2.06. The molecule has 6 nitrogen and oxygen atoms in total. The second kappa shape index (κ2) is 6.07. The van der Waals surface area contributed by atoms with Crippen LogP contribution in [0.25, 0.3) is 28.3 Å². The summed E-state index contributed by atoms with van der Waals surface area (Å²) in [5.41, 5.74) is 5.32. The first-order valence-corrected chi connectivity index (χ1v) is 8.17. The van der Waals surface area contributed by atoms with Gasteiger partial charge in [-0.2, -0.15) is 9.61 Å². The van der Waals surface area contributed by atoms with Crippen molar-refractivity contribution >= 4 is 11.6 Å². The third-order valence-electron chi connectivity index (χ3n) is 4.33. The van der Waals surface area contributed by atoms with Gasteiger partial charge in [0.25, 0.3) is 0 Å². The van der Waals surface area contributed by atoms with Crippen LogP contribution >= 0.6 is 0 Å². The number of carboxylic acid groups (broad SMARTS) is 1. The van der Waals surface area contributed by atoms with Crippen LogP contribution in [0, 0.1) is 13.8 Å². The minimum atomic E-state index is -0.932. The first kappa shape index (κ1) is 16.0. The number of aromatic nitrogens is 4. The van der Waals surface area contributed by atoms with Crippen molar-refractivity contribution in [3.05, 3.63) is 71.3 Å². The molecule has 0 aliphatic heterocycles. The zero-order chi connectivity index (χ0) is 18.3. The molecule has 128 valence electrons. The number of aryl methyl sites for hydroxylation is 2. The normalized spacial score (nSPS) is 11.0. The van der Waals surface area contributed by atoms with E-state index < -0.39 is 5.97 Å². The average Bonchev–Trinajstić information content (AvgIpc) is 3.05. The summed E-state index contributed by atoms with van der Waals surface area (Å²) in [5, 5.41) is 22.3. The molecular formula is C20H16N4O2. The Balaban J connectivity index is 1.83. The molecule has 4 aromatic rings. The molecule has 0 atom stereocenters. The van der Waals surface area contributed by atoms with E-state index in [-0.39, 0.29) is 0 Å². The van der Waals surface area contributed by atoms with Gasteiger partial charge in [0, 0.05) is 11.1 Å². The van der Waals surface area contributed by atoms with Crippen molar-refractivity contribution < 1.29 is 9.90 Å².